The molecule has 2 amide bonds. The molecule has 0 radical (unpaired) electrons. The van der Waals surface area contributed by atoms with Gasteiger partial charge in [-0.1, -0.05) is 59.6 Å². The Kier molecular flexibility index (Phi) is 7.16. The lowest BCUT2D eigenvalue weighted by atomic mass is 9.56. The molecule has 1 spiro atoms. The van der Waals surface area contributed by atoms with Gasteiger partial charge < -0.3 is 25.7 Å². The average molecular weight is 554 g/mol. The van der Waals surface area contributed by atoms with Gasteiger partial charge in [0.15, 0.2) is 0 Å². The number of aromatic hydroxyl groups is 1. The van der Waals surface area contributed by atoms with Crippen molar-refractivity contribution in [3.05, 3.63) is 93.5 Å². The zero-order valence-corrected chi connectivity index (χ0v) is 22.2. The van der Waals surface area contributed by atoms with Crippen LogP contribution in [0.4, 0.5) is 10.5 Å². The molecule has 0 bridgehead atoms. The Balaban J connectivity index is 1.53. The smallest absolute Gasteiger partial charge is 0.407 e. The first-order valence-corrected chi connectivity index (χ1v) is 13.3. The van der Waals surface area contributed by atoms with Gasteiger partial charge in [-0.2, -0.15) is 0 Å². The maximum absolute atomic E-state index is 13.7. The number of hydrogen-bond donors (Lipinski definition) is 3. The lowest BCUT2D eigenvalue weighted by molar-refractivity contribution is -0.121. The van der Waals surface area contributed by atoms with Crippen LogP contribution in [-0.2, 0) is 12.8 Å². The topological polar surface area (TPSA) is 107 Å². The summed E-state index contributed by atoms with van der Waals surface area (Å²) in [6.45, 7) is 1.21. The quantitative estimate of drug-likeness (QED) is 0.282. The first-order chi connectivity index (χ1) is 18.2. The van der Waals surface area contributed by atoms with Gasteiger partial charge in [-0.25, -0.2) is 4.79 Å². The van der Waals surface area contributed by atoms with Crippen LogP contribution in [0.15, 0.2) is 66.7 Å². The van der Waals surface area contributed by atoms with E-state index < -0.39 is 6.09 Å². The number of rotatable bonds is 5. The number of hydrogen-bond acceptors (Lipinski definition) is 4. The minimum Gasteiger partial charge on any atom is -0.506 e. The number of benzene rings is 3. The van der Waals surface area contributed by atoms with Crippen molar-refractivity contribution in [1.82, 2.24) is 9.80 Å². The fraction of sp³-hybridized carbons (Fsp3) is 0.310. The largest absolute Gasteiger partial charge is 0.506 e. The van der Waals surface area contributed by atoms with E-state index in [1.54, 1.807) is 6.07 Å². The number of halogens is 2. The van der Waals surface area contributed by atoms with Crippen LogP contribution in [-0.4, -0.2) is 57.7 Å². The predicted octanol–water partition coefficient (Wildman–Crippen LogP) is 5.58. The Morgan fingerprint density at radius 3 is 2.21 bits per heavy atom. The van der Waals surface area contributed by atoms with E-state index >= 15 is 0 Å². The van der Waals surface area contributed by atoms with Gasteiger partial charge in [0.05, 0.1) is 5.69 Å². The van der Waals surface area contributed by atoms with Crippen LogP contribution in [0.25, 0.3) is 0 Å². The highest BCUT2D eigenvalue weighted by Gasteiger charge is 2.60. The van der Waals surface area contributed by atoms with Crippen LogP contribution in [0.5, 0.6) is 5.75 Å². The van der Waals surface area contributed by atoms with Crippen LogP contribution in [0, 0.1) is 11.3 Å². The molecule has 7 nitrogen and oxygen atoms in total. The van der Waals surface area contributed by atoms with E-state index in [-0.39, 0.29) is 34.7 Å². The molecule has 3 aromatic rings. The molecule has 3 atom stereocenters. The summed E-state index contributed by atoms with van der Waals surface area (Å²) in [7, 11) is 0. The van der Waals surface area contributed by atoms with Crippen molar-refractivity contribution in [3.8, 4) is 5.75 Å². The number of nitrogen functional groups attached to an aromatic ring is 1. The average Bonchev–Trinajstić information content (AvgIpc) is 2.89. The zero-order chi connectivity index (χ0) is 27.0. The molecule has 0 saturated carbocycles. The summed E-state index contributed by atoms with van der Waals surface area (Å²) in [4.78, 5) is 28.9. The van der Waals surface area contributed by atoms with Crippen LogP contribution < -0.4 is 5.73 Å². The molecule has 3 aromatic carbocycles. The van der Waals surface area contributed by atoms with Gasteiger partial charge >= 0.3 is 6.09 Å². The van der Waals surface area contributed by atoms with Crippen molar-refractivity contribution in [2.24, 2.45) is 11.3 Å². The molecule has 5 rings (SSSR count). The van der Waals surface area contributed by atoms with Crippen LogP contribution in [0.1, 0.15) is 27.9 Å². The fourth-order valence-electron chi connectivity index (χ4n) is 6.08. The van der Waals surface area contributed by atoms with Crippen molar-refractivity contribution >= 4 is 40.9 Å². The van der Waals surface area contributed by atoms with Crippen molar-refractivity contribution < 1.29 is 19.8 Å². The number of nitrogens with zero attached hydrogens (tertiary/aromatic N) is 2. The highest BCUT2D eigenvalue weighted by atomic mass is 35.5. The summed E-state index contributed by atoms with van der Waals surface area (Å²) in [6, 6.07) is 19.5. The predicted molar refractivity (Wildman–Crippen MR) is 148 cm³/mol. The highest BCUT2D eigenvalue weighted by molar-refractivity contribution is 6.31. The number of likely N-dealkylation sites (tertiary alicyclic amines) is 2. The number of carbonyl (C=O) groups is 2. The van der Waals surface area contributed by atoms with E-state index in [4.69, 9.17) is 28.9 Å². The number of nitrogens with two attached hydrogens (primary N) is 1. The molecule has 2 aliphatic rings. The molecule has 38 heavy (non-hydrogen) atoms. The summed E-state index contributed by atoms with van der Waals surface area (Å²) in [5.74, 6) is -0.413. The Bertz CT molecular complexity index is 1380. The molecular weight excluding hydrogens is 525 g/mol. The molecule has 198 valence electrons. The Hall–Kier alpha value is -3.42. The lowest BCUT2D eigenvalue weighted by Gasteiger charge is -2.63. The van der Waals surface area contributed by atoms with Crippen molar-refractivity contribution in [2.45, 2.75) is 25.3 Å². The van der Waals surface area contributed by atoms with Crippen molar-refractivity contribution in [2.75, 3.05) is 25.4 Å². The molecule has 2 fully saturated rings. The Morgan fingerprint density at radius 2 is 1.61 bits per heavy atom. The summed E-state index contributed by atoms with van der Waals surface area (Å²) in [5, 5.41) is 21.2. The van der Waals surface area contributed by atoms with E-state index in [1.165, 1.54) is 17.0 Å². The number of amides is 2. The van der Waals surface area contributed by atoms with E-state index in [0.717, 1.165) is 11.1 Å². The molecule has 0 aromatic heterocycles. The second-order valence-electron chi connectivity index (χ2n) is 10.2. The number of carbonyl (C=O) groups excluding carboxylic acids is 1. The fourth-order valence-corrected chi connectivity index (χ4v) is 6.50. The second-order valence-corrected chi connectivity index (χ2v) is 11.0. The van der Waals surface area contributed by atoms with E-state index in [1.807, 2.05) is 53.4 Å². The highest BCUT2D eigenvalue weighted by Crippen LogP contribution is 2.53. The van der Waals surface area contributed by atoms with Crippen LogP contribution in [0.3, 0.4) is 0 Å². The molecule has 4 N–H and O–H groups in total. The maximum atomic E-state index is 13.7. The zero-order valence-electron chi connectivity index (χ0n) is 20.7. The third kappa shape index (κ3) is 4.76. The van der Waals surface area contributed by atoms with E-state index in [9.17, 15) is 19.8 Å². The summed E-state index contributed by atoms with van der Waals surface area (Å²) >= 11 is 13.1. The molecule has 2 saturated heterocycles. The first-order valence-electron chi connectivity index (χ1n) is 12.5. The number of carboxylic acid groups (broad SMARTS) is 1. The Morgan fingerprint density at radius 1 is 0.974 bits per heavy atom. The SMILES string of the molecule is Nc1ccc(C(=O)N2CC3(CCN(C(=O)O)CC3Cc3ccccc3Cl)C2Cc2ccccc2Cl)cc1O. The summed E-state index contributed by atoms with van der Waals surface area (Å²) in [5.41, 5.74) is 7.85. The van der Waals surface area contributed by atoms with Gasteiger partial charge in [-0.15, -0.1) is 0 Å². The van der Waals surface area contributed by atoms with Crippen molar-refractivity contribution in [3.63, 3.8) is 0 Å². The second kappa shape index (κ2) is 10.4. The normalized spacial score (nSPS) is 22.8. The molecule has 3 unspecified atom stereocenters. The van der Waals surface area contributed by atoms with Gasteiger partial charge in [0.2, 0.25) is 0 Å². The monoisotopic (exact) mass is 553 g/mol. The van der Waals surface area contributed by atoms with Gasteiger partial charge in [0.25, 0.3) is 5.91 Å². The van der Waals surface area contributed by atoms with Gasteiger partial charge in [-0.3, -0.25) is 4.79 Å². The number of anilines is 1. The molecule has 2 aliphatic heterocycles. The third-order valence-electron chi connectivity index (χ3n) is 8.21. The Labute approximate surface area is 231 Å². The first kappa shape index (κ1) is 26.2. The van der Waals surface area contributed by atoms with Gasteiger partial charge in [-0.05, 0) is 66.6 Å². The lowest BCUT2D eigenvalue weighted by Crippen LogP contribution is -2.73. The molecule has 0 aliphatic carbocycles. The molecule has 2 heterocycles. The summed E-state index contributed by atoms with van der Waals surface area (Å²) in [6.07, 6.45) is 0.780. The van der Waals surface area contributed by atoms with E-state index in [0.29, 0.717) is 54.5 Å². The number of phenolic OH excluding ortho intramolecular Hbond substituents is 1. The number of piperidine rings is 1. The molecule has 9 heteroatoms. The van der Waals surface area contributed by atoms with Crippen LogP contribution in [0.2, 0.25) is 10.0 Å². The third-order valence-corrected chi connectivity index (χ3v) is 8.95. The van der Waals surface area contributed by atoms with Gasteiger partial charge in [0, 0.05) is 46.7 Å². The van der Waals surface area contributed by atoms with Crippen LogP contribution >= 0.6 is 23.2 Å². The maximum Gasteiger partial charge on any atom is 0.407 e. The standard InChI is InChI=1S/C29H29Cl2N3O4/c30-22-7-3-1-5-18(22)13-21-16-33(28(37)38)12-11-29(21)17-34(26(29)15-19-6-2-4-8-23(19)31)27(36)20-9-10-24(32)25(35)14-20/h1-10,14,21,26,35H,11-13,15-17,32H2,(H,37,38). The minimum atomic E-state index is -0.948. The van der Waals surface area contributed by atoms with E-state index in [2.05, 4.69) is 0 Å². The minimum absolute atomic E-state index is 0.0661. The number of phenols is 1. The molecular formula is C29H29Cl2N3O4. The van der Waals surface area contributed by atoms with Gasteiger partial charge in [0.1, 0.15) is 5.75 Å². The summed E-state index contributed by atoms with van der Waals surface area (Å²) < 4.78 is 0. The van der Waals surface area contributed by atoms with Crippen molar-refractivity contribution in [1.29, 1.82) is 0 Å².